The Morgan fingerprint density at radius 3 is 2.88 bits per heavy atom. The second-order valence-corrected chi connectivity index (χ2v) is 6.97. The van der Waals surface area contributed by atoms with Gasteiger partial charge in [-0.15, -0.1) is 0 Å². The summed E-state index contributed by atoms with van der Waals surface area (Å²) in [7, 11) is 1.93. The van der Waals surface area contributed by atoms with E-state index in [2.05, 4.69) is 50.8 Å². The van der Waals surface area contributed by atoms with Crippen LogP contribution in [0.1, 0.15) is 5.56 Å². The molecule has 0 bridgehead atoms. The standard InChI is InChI=1S/C20H18FN3S/c1-22-12-14-9-20(16-5-6-19-15(10-16)7-8-23-19)24(13-14)25-18-4-2-3-17(21)11-18/h2-11,13,22-23H,12H2,1H3. The predicted molar refractivity (Wildman–Crippen MR) is 102 cm³/mol. The van der Waals surface area contributed by atoms with Gasteiger partial charge in [0.1, 0.15) is 5.82 Å². The molecule has 5 heteroatoms. The van der Waals surface area contributed by atoms with E-state index in [1.54, 1.807) is 12.1 Å². The van der Waals surface area contributed by atoms with E-state index in [0.717, 1.165) is 28.2 Å². The minimum Gasteiger partial charge on any atom is -0.361 e. The third-order valence-corrected chi connectivity index (χ3v) is 5.04. The summed E-state index contributed by atoms with van der Waals surface area (Å²) < 4.78 is 15.6. The topological polar surface area (TPSA) is 32.8 Å². The molecule has 0 amide bonds. The highest BCUT2D eigenvalue weighted by Crippen LogP contribution is 2.32. The van der Waals surface area contributed by atoms with Crippen LogP contribution in [0.15, 0.2) is 71.9 Å². The van der Waals surface area contributed by atoms with Crippen molar-refractivity contribution in [3.05, 3.63) is 78.4 Å². The molecule has 0 saturated heterocycles. The third-order valence-electron chi connectivity index (χ3n) is 4.07. The van der Waals surface area contributed by atoms with E-state index in [-0.39, 0.29) is 5.82 Å². The van der Waals surface area contributed by atoms with E-state index in [9.17, 15) is 4.39 Å². The molecule has 0 atom stereocenters. The summed E-state index contributed by atoms with van der Waals surface area (Å²) in [5.74, 6) is -0.220. The number of aromatic amines is 1. The molecule has 4 rings (SSSR count). The summed E-state index contributed by atoms with van der Waals surface area (Å²) in [6, 6.07) is 17.3. The third kappa shape index (κ3) is 3.34. The average molecular weight is 351 g/mol. The summed E-state index contributed by atoms with van der Waals surface area (Å²) in [6.45, 7) is 0.788. The Balaban J connectivity index is 1.77. The molecule has 0 unspecified atom stereocenters. The fraction of sp³-hybridized carbons (Fsp3) is 0.100. The van der Waals surface area contributed by atoms with Gasteiger partial charge in [-0.05, 0) is 72.6 Å². The zero-order valence-electron chi connectivity index (χ0n) is 13.8. The van der Waals surface area contributed by atoms with E-state index in [0.29, 0.717) is 0 Å². The highest BCUT2D eigenvalue weighted by molar-refractivity contribution is 7.98. The van der Waals surface area contributed by atoms with Crippen molar-refractivity contribution in [1.82, 2.24) is 14.3 Å². The smallest absolute Gasteiger partial charge is 0.124 e. The summed E-state index contributed by atoms with van der Waals surface area (Å²) >= 11 is 1.52. The number of rotatable bonds is 5. The van der Waals surface area contributed by atoms with Gasteiger partial charge in [-0.25, -0.2) is 4.39 Å². The van der Waals surface area contributed by atoms with Gasteiger partial charge in [0.05, 0.1) is 5.69 Å². The monoisotopic (exact) mass is 351 g/mol. The summed E-state index contributed by atoms with van der Waals surface area (Å²) in [4.78, 5) is 4.09. The summed E-state index contributed by atoms with van der Waals surface area (Å²) in [6.07, 6.45) is 4.05. The molecule has 0 aliphatic rings. The van der Waals surface area contributed by atoms with Crippen LogP contribution in [0.5, 0.6) is 0 Å². The Morgan fingerprint density at radius 2 is 2.04 bits per heavy atom. The van der Waals surface area contributed by atoms with Gasteiger partial charge in [-0.1, -0.05) is 12.1 Å². The molecule has 4 aromatic rings. The fourth-order valence-electron chi connectivity index (χ4n) is 2.93. The van der Waals surface area contributed by atoms with Crippen LogP contribution < -0.4 is 5.32 Å². The first-order valence-corrected chi connectivity index (χ1v) is 8.87. The van der Waals surface area contributed by atoms with Crippen LogP contribution in [0.3, 0.4) is 0 Å². The lowest BCUT2D eigenvalue weighted by Crippen LogP contribution is -2.03. The molecule has 0 aliphatic heterocycles. The minimum atomic E-state index is -0.220. The molecule has 2 heterocycles. The SMILES string of the molecule is CNCc1cc(-c2ccc3[nH]ccc3c2)n(Sc2cccc(F)c2)c1. The summed E-state index contributed by atoms with van der Waals surface area (Å²) in [5, 5.41) is 4.36. The first-order valence-electron chi connectivity index (χ1n) is 8.10. The molecule has 0 fully saturated rings. The molecule has 0 saturated carbocycles. The van der Waals surface area contributed by atoms with E-state index in [1.165, 1.54) is 29.0 Å². The van der Waals surface area contributed by atoms with Crippen molar-refractivity contribution in [2.45, 2.75) is 11.4 Å². The number of hydrogen-bond acceptors (Lipinski definition) is 2. The second-order valence-electron chi connectivity index (χ2n) is 5.92. The zero-order chi connectivity index (χ0) is 17.2. The Labute approximate surface area is 150 Å². The first-order chi connectivity index (χ1) is 12.2. The molecule has 0 radical (unpaired) electrons. The zero-order valence-corrected chi connectivity index (χ0v) is 14.6. The van der Waals surface area contributed by atoms with Crippen molar-refractivity contribution in [2.24, 2.45) is 0 Å². The van der Waals surface area contributed by atoms with Crippen LogP contribution in [0.25, 0.3) is 22.2 Å². The first kappa shape index (κ1) is 16.0. The molecule has 0 aliphatic carbocycles. The minimum absolute atomic E-state index is 0.220. The lowest BCUT2D eigenvalue weighted by Gasteiger charge is -2.09. The average Bonchev–Trinajstić information content (AvgIpc) is 3.21. The number of benzene rings is 2. The second kappa shape index (κ2) is 6.78. The Bertz CT molecular complexity index is 1020. The van der Waals surface area contributed by atoms with Gasteiger partial charge in [-0.3, -0.25) is 3.97 Å². The Hall–Kier alpha value is -2.50. The normalized spacial score (nSPS) is 11.3. The van der Waals surface area contributed by atoms with E-state index in [4.69, 9.17) is 0 Å². The van der Waals surface area contributed by atoms with Crippen molar-refractivity contribution < 1.29 is 4.39 Å². The number of hydrogen-bond donors (Lipinski definition) is 2. The van der Waals surface area contributed by atoms with Crippen molar-refractivity contribution in [2.75, 3.05) is 7.05 Å². The lowest BCUT2D eigenvalue weighted by atomic mass is 10.1. The molecular formula is C20H18FN3S. The van der Waals surface area contributed by atoms with Gasteiger partial charge in [-0.2, -0.15) is 0 Å². The van der Waals surface area contributed by atoms with Gasteiger partial charge < -0.3 is 10.3 Å². The number of halogens is 1. The van der Waals surface area contributed by atoms with Gasteiger partial charge >= 0.3 is 0 Å². The van der Waals surface area contributed by atoms with E-state index >= 15 is 0 Å². The molecular weight excluding hydrogens is 333 g/mol. The van der Waals surface area contributed by atoms with Gasteiger partial charge in [0.15, 0.2) is 0 Å². The van der Waals surface area contributed by atoms with Gasteiger partial charge in [0.2, 0.25) is 0 Å². The van der Waals surface area contributed by atoms with Crippen molar-refractivity contribution >= 4 is 22.9 Å². The molecule has 2 N–H and O–H groups in total. The molecule has 2 aromatic heterocycles. The molecule has 2 aromatic carbocycles. The predicted octanol–water partition coefficient (Wildman–Crippen LogP) is 5.05. The van der Waals surface area contributed by atoms with Crippen LogP contribution >= 0.6 is 11.9 Å². The number of nitrogens with zero attached hydrogens (tertiary/aromatic N) is 1. The van der Waals surface area contributed by atoms with Crippen LogP contribution in [0.2, 0.25) is 0 Å². The Kier molecular flexibility index (Phi) is 4.34. The lowest BCUT2D eigenvalue weighted by molar-refractivity contribution is 0.624. The maximum atomic E-state index is 13.5. The number of aromatic nitrogens is 2. The summed E-state index contributed by atoms with van der Waals surface area (Å²) in [5.41, 5.74) is 4.55. The molecule has 25 heavy (non-hydrogen) atoms. The number of nitrogens with one attached hydrogen (secondary N) is 2. The maximum absolute atomic E-state index is 13.5. The van der Waals surface area contributed by atoms with Crippen LogP contribution in [0.4, 0.5) is 4.39 Å². The molecule has 0 spiro atoms. The highest BCUT2D eigenvalue weighted by Gasteiger charge is 2.11. The largest absolute Gasteiger partial charge is 0.361 e. The van der Waals surface area contributed by atoms with E-state index < -0.39 is 0 Å². The highest BCUT2D eigenvalue weighted by atomic mass is 32.2. The van der Waals surface area contributed by atoms with Crippen LogP contribution in [-0.2, 0) is 6.54 Å². The number of fused-ring (bicyclic) bond motifs is 1. The quantitative estimate of drug-likeness (QED) is 0.527. The maximum Gasteiger partial charge on any atom is 0.124 e. The fourth-order valence-corrected chi connectivity index (χ4v) is 3.91. The van der Waals surface area contributed by atoms with Crippen molar-refractivity contribution in [3.8, 4) is 11.3 Å². The van der Waals surface area contributed by atoms with Gasteiger partial charge in [0.25, 0.3) is 0 Å². The number of H-pyrrole nitrogens is 1. The molecule has 3 nitrogen and oxygen atoms in total. The van der Waals surface area contributed by atoms with Crippen LogP contribution in [-0.4, -0.2) is 16.0 Å². The van der Waals surface area contributed by atoms with E-state index in [1.807, 2.05) is 19.3 Å². The molecule has 126 valence electrons. The Morgan fingerprint density at radius 1 is 1.12 bits per heavy atom. The van der Waals surface area contributed by atoms with Crippen molar-refractivity contribution in [1.29, 1.82) is 0 Å². The van der Waals surface area contributed by atoms with Crippen LogP contribution in [0, 0.1) is 5.82 Å². The van der Waals surface area contributed by atoms with Gasteiger partial charge in [0, 0.05) is 34.7 Å². The van der Waals surface area contributed by atoms with Crippen molar-refractivity contribution in [3.63, 3.8) is 0 Å².